The lowest BCUT2D eigenvalue weighted by molar-refractivity contribution is -0.116. The van der Waals surface area contributed by atoms with Gasteiger partial charge in [0.2, 0.25) is 11.1 Å². The lowest BCUT2D eigenvalue weighted by atomic mass is 9.85. The van der Waals surface area contributed by atoms with Gasteiger partial charge < -0.3 is 10.1 Å². The molecule has 192 valence electrons. The summed E-state index contributed by atoms with van der Waals surface area (Å²) in [5.74, 6) is 2.11. The fraction of sp³-hybridized carbons (Fsp3) is 0.207. The number of carbonyl (C=O) groups is 1. The molecule has 0 saturated carbocycles. The molecule has 1 N–H and O–H groups in total. The number of hydrogen-bond donors (Lipinski definition) is 1. The largest absolute Gasteiger partial charge is 0.489 e. The minimum atomic E-state index is -0.389. The molecule has 1 aromatic heterocycles. The first-order valence-electron chi connectivity index (χ1n) is 12.4. The van der Waals surface area contributed by atoms with E-state index in [1.54, 1.807) is 0 Å². The van der Waals surface area contributed by atoms with Crippen molar-refractivity contribution < 1.29 is 9.53 Å². The first-order valence-corrected chi connectivity index (χ1v) is 14.1. The SMILES string of the molecule is O=C1CCCC2=C1C(c1cccc(OCc3ccccc3Cl)c1)n1nc(SCc3ccccc3Cl)nc1N2. The molecule has 0 radical (unpaired) electrons. The van der Waals surface area contributed by atoms with Gasteiger partial charge in [0, 0.05) is 39.1 Å². The number of Topliss-reactive ketones (excluding diaryl/α,β-unsaturated/α-hetero) is 1. The van der Waals surface area contributed by atoms with Gasteiger partial charge in [0.05, 0.1) is 0 Å². The number of halogens is 2. The van der Waals surface area contributed by atoms with Crippen LogP contribution < -0.4 is 10.1 Å². The van der Waals surface area contributed by atoms with E-state index in [-0.39, 0.29) is 11.8 Å². The van der Waals surface area contributed by atoms with Crippen LogP contribution in [0, 0.1) is 0 Å². The zero-order chi connectivity index (χ0) is 26.1. The number of thioether (sulfide) groups is 1. The Hall–Kier alpha value is -3.26. The molecule has 2 heterocycles. The predicted molar refractivity (Wildman–Crippen MR) is 151 cm³/mol. The molecule has 1 aliphatic carbocycles. The number of rotatable bonds is 7. The Labute approximate surface area is 235 Å². The van der Waals surface area contributed by atoms with E-state index >= 15 is 0 Å². The second kappa shape index (κ2) is 10.8. The molecule has 0 bridgehead atoms. The first-order chi connectivity index (χ1) is 18.6. The van der Waals surface area contributed by atoms with Crippen LogP contribution in [0.3, 0.4) is 0 Å². The smallest absolute Gasteiger partial charge is 0.227 e. The number of ketones is 1. The highest BCUT2D eigenvalue weighted by atomic mass is 35.5. The molecule has 6 nitrogen and oxygen atoms in total. The minimum Gasteiger partial charge on any atom is -0.489 e. The highest BCUT2D eigenvalue weighted by Crippen LogP contribution is 2.41. The monoisotopic (exact) mass is 562 g/mol. The van der Waals surface area contributed by atoms with Gasteiger partial charge >= 0.3 is 0 Å². The number of allylic oxidation sites excluding steroid dienone is 2. The predicted octanol–water partition coefficient (Wildman–Crippen LogP) is 7.48. The summed E-state index contributed by atoms with van der Waals surface area (Å²) < 4.78 is 7.92. The minimum absolute atomic E-state index is 0.137. The van der Waals surface area contributed by atoms with Crippen molar-refractivity contribution in [2.75, 3.05) is 5.32 Å². The summed E-state index contributed by atoms with van der Waals surface area (Å²) in [6.45, 7) is 0.347. The maximum absolute atomic E-state index is 13.2. The highest BCUT2D eigenvalue weighted by molar-refractivity contribution is 7.98. The van der Waals surface area contributed by atoms with Crippen LogP contribution in [0.25, 0.3) is 0 Å². The molecule has 3 aromatic carbocycles. The van der Waals surface area contributed by atoms with Crippen LogP contribution in [0.2, 0.25) is 10.0 Å². The molecule has 6 rings (SSSR count). The summed E-state index contributed by atoms with van der Waals surface area (Å²) in [4.78, 5) is 17.9. The number of fused-ring (bicyclic) bond motifs is 1. The van der Waals surface area contributed by atoms with Gasteiger partial charge in [0.15, 0.2) is 5.78 Å². The summed E-state index contributed by atoms with van der Waals surface area (Å²) in [6, 6.07) is 22.8. The molecular formula is C29H24Cl2N4O2S. The lowest BCUT2D eigenvalue weighted by Crippen LogP contribution is -2.31. The van der Waals surface area contributed by atoms with Gasteiger partial charge in [-0.2, -0.15) is 4.98 Å². The van der Waals surface area contributed by atoms with E-state index in [4.69, 9.17) is 38.0 Å². The average molecular weight is 564 g/mol. The fourth-order valence-corrected chi connectivity index (χ4v) is 6.12. The van der Waals surface area contributed by atoms with Crippen molar-refractivity contribution in [2.45, 2.75) is 42.8 Å². The molecule has 1 atom stereocenters. The zero-order valence-electron chi connectivity index (χ0n) is 20.4. The number of ether oxygens (including phenoxy) is 1. The van der Waals surface area contributed by atoms with Crippen LogP contribution in [0.15, 0.2) is 89.2 Å². The van der Waals surface area contributed by atoms with Gasteiger partial charge in [0.25, 0.3) is 0 Å². The molecular weight excluding hydrogens is 539 g/mol. The standard InChI is InChI=1S/C29H24Cl2N4O2S/c30-22-11-3-1-7-19(22)16-37-21-10-5-9-18(15-21)27-26-24(13-6-14-25(26)36)32-28-33-29(34-35(27)28)38-17-20-8-2-4-12-23(20)31/h1-5,7-12,15,27H,6,13-14,16-17H2,(H,32,33,34). The molecule has 4 aromatic rings. The van der Waals surface area contributed by atoms with E-state index in [9.17, 15) is 4.79 Å². The Bertz CT molecular complexity index is 1550. The van der Waals surface area contributed by atoms with Crippen molar-refractivity contribution >= 4 is 46.7 Å². The maximum atomic E-state index is 13.2. The molecule has 0 saturated heterocycles. The van der Waals surface area contributed by atoms with E-state index < -0.39 is 0 Å². The zero-order valence-corrected chi connectivity index (χ0v) is 22.7. The summed E-state index contributed by atoms with van der Waals surface area (Å²) in [7, 11) is 0. The lowest BCUT2D eigenvalue weighted by Gasteiger charge is -2.32. The van der Waals surface area contributed by atoms with Gasteiger partial charge in [0.1, 0.15) is 18.4 Å². The number of benzene rings is 3. The summed E-state index contributed by atoms with van der Waals surface area (Å²) in [5, 5.41) is 10.2. The Kier molecular flexibility index (Phi) is 7.15. The molecule has 0 fully saturated rings. The second-order valence-electron chi connectivity index (χ2n) is 9.19. The third kappa shape index (κ3) is 5.06. The van der Waals surface area contributed by atoms with Gasteiger partial charge in [-0.25, -0.2) is 4.68 Å². The Morgan fingerprint density at radius 2 is 1.74 bits per heavy atom. The van der Waals surface area contributed by atoms with Gasteiger partial charge in [-0.1, -0.05) is 83.5 Å². The quantitative estimate of drug-likeness (QED) is 0.235. The van der Waals surface area contributed by atoms with Crippen LogP contribution in [0.5, 0.6) is 5.75 Å². The highest BCUT2D eigenvalue weighted by Gasteiger charge is 2.37. The van der Waals surface area contributed by atoms with Crippen LogP contribution in [-0.2, 0) is 17.2 Å². The molecule has 2 aliphatic rings. The average Bonchev–Trinajstić information content (AvgIpc) is 3.34. The Balaban J connectivity index is 1.31. The Morgan fingerprint density at radius 1 is 0.974 bits per heavy atom. The van der Waals surface area contributed by atoms with Crippen LogP contribution in [-0.4, -0.2) is 20.5 Å². The molecule has 9 heteroatoms. The summed E-state index contributed by atoms with van der Waals surface area (Å²) in [5.41, 5.74) is 4.52. The van der Waals surface area contributed by atoms with Crippen molar-refractivity contribution in [1.29, 1.82) is 0 Å². The van der Waals surface area contributed by atoms with Gasteiger partial charge in [-0.3, -0.25) is 4.79 Å². The topological polar surface area (TPSA) is 69.0 Å². The van der Waals surface area contributed by atoms with Crippen molar-refractivity contribution in [3.8, 4) is 5.75 Å². The fourth-order valence-electron chi connectivity index (χ4n) is 4.81. The number of aromatic nitrogens is 3. The van der Waals surface area contributed by atoms with Crippen molar-refractivity contribution in [3.05, 3.63) is 111 Å². The van der Waals surface area contributed by atoms with E-state index in [2.05, 4.69) is 5.32 Å². The van der Waals surface area contributed by atoms with Crippen LogP contribution >= 0.6 is 35.0 Å². The molecule has 0 spiro atoms. The van der Waals surface area contributed by atoms with Gasteiger partial charge in [-0.05, 0) is 48.2 Å². The number of carbonyl (C=O) groups excluding carboxylic acids is 1. The van der Waals surface area contributed by atoms with E-state index in [0.29, 0.717) is 40.7 Å². The second-order valence-corrected chi connectivity index (χ2v) is 10.9. The number of hydrogen-bond acceptors (Lipinski definition) is 6. The normalized spacial score (nSPS) is 16.6. The van der Waals surface area contributed by atoms with Crippen LogP contribution in [0.4, 0.5) is 5.95 Å². The van der Waals surface area contributed by atoms with Gasteiger partial charge in [-0.15, -0.1) is 5.10 Å². The number of nitrogens with zero attached hydrogens (tertiary/aromatic N) is 3. The summed E-state index contributed by atoms with van der Waals surface area (Å²) in [6.07, 6.45) is 2.15. The molecule has 1 aliphatic heterocycles. The van der Waals surface area contributed by atoms with Crippen molar-refractivity contribution in [3.63, 3.8) is 0 Å². The molecule has 1 unspecified atom stereocenters. The Morgan fingerprint density at radius 3 is 2.53 bits per heavy atom. The van der Waals surface area contributed by atoms with Crippen molar-refractivity contribution in [2.24, 2.45) is 0 Å². The van der Waals surface area contributed by atoms with E-state index in [0.717, 1.165) is 45.8 Å². The first kappa shape index (κ1) is 25.0. The molecule has 0 amide bonds. The summed E-state index contributed by atoms with van der Waals surface area (Å²) >= 11 is 14.2. The van der Waals surface area contributed by atoms with E-state index in [1.165, 1.54) is 11.8 Å². The third-order valence-electron chi connectivity index (χ3n) is 6.69. The maximum Gasteiger partial charge on any atom is 0.227 e. The van der Waals surface area contributed by atoms with Crippen molar-refractivity contribution in [1.82, 2.24) is 14.8 Å². The molecule has 38 heavy (non-hydrogen) atoms. The van der Waals surface area contributed by atoms with Crippen LogP contribution in [0.1, 0.15) is 42.0 Å². The third-order valence-corrected chi connectivity index (χ3v) is 8.31. The number of nitrogens with one attached hydrogen (secondary N) is 1. The van der Waals surface area contributed by atoms with E-state index in [1.807, 2.05) is 77.5 Å². The number of anilines is 1.